The van der Waals surface area contributed by atoms with Crippen molar-refractivity contribution in [2.45, 2.75) is 12.2 Å². The van der Waals surface area contributed by atoms with Crippen LogP contribution in [0.5, 0.6) is 0 Å². The van der Waals surface area contributed by atoms with Gasteiger partial charge in [-0.25, -0.2) is 9.78 Å². The minimum Gasteiger partial charge on any atom is -0.479 e. The fourth-order valence-corrected chi connectivity index (χ4v) is 1.75. The molecule has 0 aliphatic rings. The summed E-state index contributed by atoms with van der Waals surface area (Å²) < 4.78 is 0.527. The summed E-state index contributed by atoms with van der Waals surface area (Å²) in [5.74, 6) is -1.48. The molecule has 1 aromatic heterocycles. The number of thiazole rings is 1. The van der Waals surface area contributed by atoms with Crippen LogP contribution in [-0.2, 0) is 4.79 Å². The number of carboxylic acids is 1. The molecule has 0 aliphatic carbocycles. The summed E-state index contributed by atoms with van der Waals surface area (Å²) in [5.41, 5.74) is 0.145. The largest absolute Gasteiger partial charge is 0.479 e. The van der Waals surface area contributed by atoms with Crippen molar-refractivity contribution in [3.8, 4) is 0 Å². The summed E-state index contributed by atoms with van der Waals surface area (Å²) in [6.45, 7) is 0. The number of aliphatic hydroxyl groups is 2. The van der Waals surface area contributed by atoms with Crippen LogP contribution in [0.2, 0.25) is 0 Å². The van der Waals surface area contributed by atoms with Crippen LogP contribution in [0.15, 0.2) is 9.30 Å². The first kappa shape index (κ1) is 10.6. The predicted molar refractivity (Wildman–Crippen MR) is 48.4 cm³/mol. The molecule has 2 atom stereocenters. The average Bonchev–Trinajstić information content (AvgIpc) is 2.49. The number of carbonyl (C=O) groups is 1. The molecule has 0 bridgehead atoms. The van der Waals surface area contributed by atoms with E-state index in [1.54, 1.807) is 0 Å². The standard InChI is InChI=1S/C6H6BrNO4S/c7-6-8-2(1-13-6)3(9)4(10)5(11)12/h1,3-4,9-10H,(H,11,12). The molecule has 0 aromatic carbocycles. The lowest BCUT2D eigenvalue weighted by Gasteiger charge is -2.10. The van der Waals surface area contributed by atoms with Crippen molar-refractivity contribution in [2.75, 3.05) is 0 Å². The maximum absolute atomic E-state index is 10.3. The van der Waals surface area contributed by atoms with E-state index in [0.29, 0.717) is 3.92 Å². The Morgan fingerprint density at radius 3 is 2.62 bits per heavy atom. The van der Waals surface area contributed by atoms with E-state index in [1.165, 1.54) is 16.7 Å². The Balaban J connectivity index is 2.78. The van der Waals surface area contributed by atoms with Gasteiger partial charge >= 0.3 is 5.97 Å². The number of nitrogens with zero attached hydrogens (tertiary/aromatic N) is 1. The zero-order valence-corrected chi connectivity index (χ0v) is 8.62. The summed E-state index contributed by atoms with van der Waals surface area (Å²) in [7, 11) is 0. The number of hydrogen-bond donors (Lipinski definition) is 3. The van der Waals surface area contributed by atoms with Crippen LogP contribution in [0.3, 0.4) is 0 Å². The van der Waals surface area contributed by atoms with Crippen molar-refractivity contribution in [2.24, 2.45) is 0 Å². The van der Waals surface area contributed by atoms with E-state index in [9.17, 15) is 9.90 Å². The van der Waals surface area contributed by atoms with Gasteiger partial charge in [0.15, 0.2) is 10.0 Å². The summed E-state index contributed by atoms with van der Waals surface area (Å²) in [6, 6.07) is 0. The lowest BCUT2D eigenvalue weighted by atomic mass is 10.1. The average molecular weight is 268 g/mol. The molecule has 2 unspecified atom stereocenters. The molecule has 72 valence electrons. The third-order valence-electron chi connectivity index (χ3n) is 1.35. The molecule has 3 N–H and O–H groups in total. The molecule has 0 saturated heterocycles. The highest BCUT2D eigenvalue weighted by atomic mass is 79.9. The van der Waals surface area contributed by atoms with Crippen LogP contribution in [0.4, 0.5) is 0 Å². The van der Waals surface area contributed by atoms with E-state index in [0.717, 1.165) is 0 Å². The van der Waals surface area contributed by atoms with E-state index in [4.69, 9.17) is 10.2 Å². The highest BCUT2D eigenvalue weighted by Gasteiger charge is 2.26. The third-order valence-corrected chi connectivity index (χ3v) is 2.73. The van der Waals surface area contributed by atoms with Gasteiger partial charge in [0, 0.05) is 5.38 Å². The molecule has 7 heteroatoms. The number of aliphatic hydroxyl groups excluding tert-OH is 2. The lowest BCUT2D eigenvalue weighted by molar-refractivity contribution is -0.153. The maximum atomic E-state index is 10.3. The van der Waals surface area contributed by atoms with Crippen LogP contribution < -0.4 is 0 Å². The van der Waals surface area contributed by atoms with Crippen molar-refractivity contribution in [1.29, 1.82) is 0 Å². The van der Waals surface area contributed by atoms with E-state index in [1.807, 2.05) is 0 Å². The Morgan fingerprint density at radius 2 is 2.23 bits per heavy atom. The van der Waals surface area contributed by atoms with Gasteiger partial charge in [-0.3, -0.25) is 0 Å². The SMILES string of the molecule is O=C(O)C(O)C(O)c1csc(Br)n1. The molecule has 0 fully saturated rings. The number of halogens is 1. The Labute approximate surface area is 85.8 Å². The first-order valence-corrected chi connectivity index (χ1v) is 4.89. The fraction of sp³-hybridized carbons (Fsp3) is 0.333. The van der Waals surface area contributed by atoms with Gasteiger partial charge in [0.05, 0.1) is 5.69 Å². The third kappa shape index (κ3) is 2.47. The van der Waals surface area contributed by atoms with E-state index in [-0.39, 0.29) is 5.69 Å². The summed E-state index contributed by atoms with van der Waals surface area (Å²) in [6.07, 6.45) is -3.32. The summed E-state index contributed by atoms with van der Waals surface area (Å²) in [5, 5.41) is 28.1. The summed E-state index contributed by atoms with van der Waals surface area (Å²) in [4.78, 5) is 14.1. The van der Waals surface area contributed by atoms with Crippen LogP contribution in [0.25, 0.3) is 0 Å². The Hall–Kier alpha value is -0.500. The van der Waals surface area contributed by atoms with Gasteiger partial charge in [0.1, 0.15) is 6.10 Å². The summed E-state index contributed by atoms with van der Waals surface area (Å²) >= 11 is 4.26. The quantitative estimate of drug-likeness (QED) is 0.737. The van der Waals surface area contributed by atoms with Gasteiger partial charge in [-0.05, 0) is 15.9 Å². The van der Waals surface area contributed by atoms with Crippen molar-refractivity contribution in [3.63, 3.8) is 0 Å². The Morgan fingerprint density at radius 1 is 1.62 bits per heavy atom. The molecule has 0 radical (unpaired) electrons. The van der Waals surface area contributed by atoms with Gasteiger partial charge < -0.3 is 15.3 Å². The van der Waals surface area contributed by atoms with Crippen LogP contribution in [0.1, 0.15) is 11.8 Å². The highest BCUT2D eigenvalue weighted by molar-refractivity contribution is 9.11. The van der Waals surface area contributed by atoms with Gasteiger partial charge in [0.25, 0.3) is 0 Å². The van der Waals surface area contributed by atoms with Crippen molar-refractivity contribution < 1.29 is 20.1 Å². The van der Waals surface area contributed by atoms with E-state index in [2.05, 4.69) is 20.9 Å². The first-order valence-electron chi connectivity index (χ1n) is 3.22. The van der Waals surface area contributed by atoms with Gasteiger partial charge in [-0.2, -0.15) is 0 Å². The minimum absolute atomic E-state index is 0.145. The smallest absolute Gasteiger partial charge is 0.335 e. The topological polar surface area (TPSA) is 90.7 Å². The molecule has 13 heavy (non-hydrogen) atoms. The number of hydrogen-bond acceptors (Lipinski definition) is 5. The van der Waals surface area contributed by atoms with Gasteiger partial charge in [-0.1, -0.05) is 0 Å². The number of aliphatic carboxylic acids is 1. The number of carboxylic acid groups (broad SMARTS) is 1. The molecule has 1 rings (SSSR count). The molecule has 0 amide bonds. The van der Waals surface area contributed by atoms with E-state index < -0.39 is 18.2 Å². The maximum Gasteiger partial charge on any atom is 0.335 e. The van der Waals surface area contributed by atoms with E-state index >= 15 is 0 Å². The number of aromatic nitrogens is 1. The molecule has 0 saturated carbocycles. The van der Waals surface area contributed by atoms with Crippen molar-refractivity contribution in [3.05, 3.63) is 15.0 Å². The van der Waals surface area contributed by atoms with Gasteiger partial charge in [0.2, 0.25) is 0 Å². The molecule has 5 nitrogen and oxygen atoms in total. The molecular weight excluding hydrogens is 262 g/mol. The second kappa shape index (κ2) is 4.14. The van der Waals surface area contributed by atoms with Gasteiger partial charge in [-0.15, -0.1) is 11.3 Å². The predicted octanol–water partition coefficient (Wildman–Crippen LogP) is 0.385. The minimum atomic E-state index is -1.84. The van der Waals surface area contributed by atoms with Crippen LogP contribution >= 0.6 is 27.3 Å². The second-order valence-corrected chi connectivity index (χ2v) is 4.39. The zero-order chi connectivity index (χ0) is 10.0. The van der Waals surface area contributed by atoms with Crippen LogP contribution in [0, 0.1) is 0 Å². The van der Waals surface area contributed by atoms with Crippen molar-refractivity contribution in [1.82, 2.24) is 4.98 Å². The van der Waals surface area contributed by atoms with Crippen LogP contribution in [-0.4, -0.2) is 32.4 Å². The highest BCUT2D eigenvalue weighted by Crippen LogP contribution is 2.22. The normalized spacial score (nSPS) is 15.3. The zero-order valence-electron chi connectivity index (χ0n) is 6.22. The monoisotopic (exact) mass is 267 g/mol. The molecule has 0 aliphatic heterocycles. The molecular formula is C6H6BrNO4S. The first-order chi connectivity index (χ1) is 6.02. The second-order valence-electron chi connectivity index (χ2n) is 2.25. The molecule has 1 aromatic rings. The number of rotatable bonds is 3. The van der Waals surface area contributed by atoms with Crippen molar-refractivity contribution >= 4 is 33.2 Å². The Kier molecular flexibility index (Phi) is 3.37. The molecule has 1 heterocycles. The lowest BCUT2D eigenvalue weighted by Crippen LogP contribution is -2.27. The Bertz CT molecular complexity index is 315. The molecule has 0 spiro atoms. The fourth-order valence-electron chi connectivity index (χ4n) is 0.696.